The number of esters is 1. The molecule has 0 saturated carbocycles. The molecule has 1 rings (SSSR count). The van der Waals surface area contributed by atoms with Gasteiger partial charge in [0.2, 0.25) is 0 Å². The normalized spacial score (nSPS) is 24.1. The lowest BCUT2D eigenvalue weighted by Gasteiger charge is -2.35. The molecule has 1 heterocycles. The van der Waals surface area contributed by atoms with Crippen molar-refractivity contribution in [1.82, 2.24) is 10.2 Å². The van der Waals surface area contributed by atoms with Crippen LogP contribution in [-0.2, 0) is 14.3 Å². The fourth-order valence-electron chi connectivity index (χ4n) is 2.21. The third-order valence-corrected chi connectivity index (χ3v) is 3.74. The molecule has 1 saturated heterocycles. The van der Waals surface area contributed by atoms with E-state index in [9.17, 15) is 9.59 Å². The van der Waals surface area contributed by atoms with Crippen LogP contribution < -0.4 is 5.32 Å². The second kappa shape index (κ2) is 8.36. The Morgan fingerprint density at radius 3 is 2.50 bits per heavy atom. The van der Waals surface area contributed by atoms with Crippen molar-refractivity contribution >= 4 is 23.8 Å². The van der Waals surface area contributed by atoms with Gasteiger partial charge in [-0.1, -0.05) is 0 Å². The highest BCUT2D eigenvalue weighted by molar-refractivity contribution is 7.98. The van der Waals surface area contributed by atoms with Crippen molar-refractivity contribution in [3.05, 3.63) is 0 Å². The largest absolute Gasteiger partial charge is 0.467 e. The summed E-state index contributed by atoms with van der Waals surface area (Å²) in [7, 11) is 1.33. The lowest BCUT2D eigenvalue weighted by atomic mass is 10.2. The molecule has 0 unspecified atom stereocenters. The first-order valence-corrected chi connectivity index (χ1v) is 8.15. The molecule has 7 heteroatoms. The Kier molecular flexibility index (Phi) is 7.15. The number of morpholine rings is 1. The molecule has 6 nitrogen and oxygen atoms in total. The van der Waals surface area contributed by atoms with E-state index in [4.69, 9.17) is 9.47 Å². The van der Waals surface area contributed by atoms with E-state index in [-0.39, 0.29) is 18.2 Å². The molecule has 2 amide bonds. The molecular formula is C13H24N2O4S. The Hall–Kier alpha value is -0.950. The van der Waals surface area contributed by atoms with Crippen molar-refractivity contribution in [3.8, 4) is 0 Å². The van der Waals surface area contributed by atoms with Gasteiger partial charge in [-0.15, -0.1) is 0 Å². The quantitative estimate of drug-likeness (QED) is 0.770. The van der Waals surface area contributed by atoms with Gasteiger partial charge in [-0.3, -0.25) is 0 Å². The third-order valence-electron chi connectivity index (χ3n) is 3.10. The molecule has 1 N–H and O–H groups in total. The molecule has 3 atom stereocenters. The van der Waals surface area contributed by atoms with Gasteiger partial charge in [0.25, 0.3) is 0 Å². The van der Waals surface area contributed by atoms with Crippen molar-refractivity contribution in [1.29, 1.82) is 0 Å². The molecule has 1 fully saturated rings. The topological polar surface area (TPSA) is 67.9 Å². The highest BCUT2D eigenvalue weighted by Crippen LogP contribution is 2.11. The van der Waals surface area contributed by atoms with Crippen molar-refractivity contribution < 1.29 is 19.1 Å². The Bertz CT molecular complexity index is 330. The minimum absolute atomic E-state index is 0.00674. The summed E-state index contributed by atoms with van der Waals surface area (Å²) < 4.78 is 10.3. The van der Waals surface area contributed by atoms with Gasteiger partial charge in [-0.05, 0) is 32.3 Å². The van der Waals surface area contributed by atoms with Crippen LogP contribution in [0.5, 0.6) is 0 Å². The highest BCUT2D eigenvalue weighted by atomic mass is 32.2. The Labute approximate surface area is 124 Å². The number of nitrogens with one attached hydrogen (secondary N) is 1. The number of rotatable bonds is 5. The Morgan fingerprint density at radius 2 is 2.00 bits per heavy atom. The SMILES string of the molecule is COC(=O)[C@H](CCSC)NC(=O)N1C[C@@H](C)O[C@@H](C)C1. The maximum atomic E-state index is 12.2. The summed E-state index contributed by atoms with van der Waals surface area (Å²) >= 11 is 1.63. The van der Waals surface area contributed by atoms with Crippen LogP contribution in [0.4, 0.5) is 4.79 Å². The molecule has 1 aliphatic heterocycles. The zero-order valence-electron chi connectivity index (χ0n) is 12.5. The predicted octanol–water partition coefficient (Wildman–Crippen LogP) is 1.10. The molecule has 1 aliphatic rings. The zero-order chi connectivity index (χ0) is 15.1. The van der Waals surface area contributed by atoms with Gasteiger partial charge >= 0.3 is 12.0 Å². The predicted molar refractivity (Wildman–Crippen MR) is 78.9 cm³/mol. The molecule has 0 bridgehead atoms. The summed E-state index contributed by atoms with van der Waals surface area (Å²) in [6.45, 7) is 4.93. The first-order valence-electron chi connectivity index (χ1n) is 6.75. The number of hydrogen-bond acceptors (Lipinski definition) is 5. The smallest absolute Gasteiger partial charge is 0.328 e. The van der Waals surface area contributed by atoms with E-state index in [0.717, 1.165) is 5.75 Å². The minimum Gasteiger partial charge on any atom is -0.467 e. The number of carbonyl (C=O) groups excluding carboxylic acids is 2. The van der Waals surface area contributed by atoms with Crippen molar-refractivity contribution in [2.24, 2.45) is 0 Å². The minimum atomic E-state index is -0.589. The molecule has 116 valence electrons. The second-order valence-electron chi connectivity index (χ2n) is 4.97. The number of carbonyl (C=O) groups is 2. The maximum Gasteiger partial charge on any atom is 0.328 e. The summed E-state index contributed by atoms with van der Waals surface area (Å²) in [5.74, 6) is 0.387. The van der Waals surface area contributed by atoms with E-state index in [1.54, 1.807) is 16.7 Å². The summed E-state index contributed by atoms with van der Waals surface area (Å²) in [5, 5.41) is 2.76. The van der Waals surface area contributed by atoms with Crippen LogP contribution in [0.25, 0.3) is 0 Å². The van der Waals surface area contributed by atoms with Crippen molar-refractivity contribution in [2.45, 2.75) is 38.5 Å². The maximum absolute atomic E-state index is 12.2. The summed E-state index contributed by atoms with van der Waals surface area (Å²) in [6, 6.07) is -0.822. The van der Waals surface area contributed by atoms with Crippen molar-refractivity contribution in [2.75, 3.05) is 32.2 Å². The van der Waals surface area contributed by atoms with Gasteiger partial charge in [-0.25, -0.2) is 9.59 Å². The van der Waals surface area contributed by atoms with Gasteiger partial charge in [0.15, 0.2) is 0 Å². The van der Waals surface area contributed by atoms with E-state index in [0.29, 0.717) is 19.5 Å². The lowest BCUT2D eigenvalue weighted by molar-refractivity contribution is -0.143. The van der Waals surface area contributed by atoms with Crippen LogP contribution in [0.2, 0.25) is 0 Å². The van der Waals surface area contributed by atoms with Crippen LogP contribution in [0.1, 0.15) is 20.3 Å². The van der Waals surface area contributed by atoms with Crippen molar-refractivity contribution in [3.63, 3.8) is 0 Å². The first kappa shape index (κ1) is 17.1. The first-order chi connectivity index (χ1) is 9.47. The van der Waals surface area contributed by atoms with Gasteiger partial charge in [-0.2, -0.15) is 11.8 Å². The monoisotopic (exact) mass is 304 g/mol. The second-order valence-corrected chi connectivity index (χ2v) is 5.95. The molecule has 0 aromatic rings. The lowest BCUT2D eigenvalue weighted by Crippen LogP contribution is -2.55. The number of nitrogens with zero attached hydrogens (tertiary/aromatic N) is 1. The molecule has 0 radical (unpaired) electrons. The van der Waals surface area contributed by atoms with E-state index in [1.165, 1.54) is 7.11 Å². The van der Waals surface area contributed by atoms with Crippen LogP contribution >= 0.6 is 11.8 Å². The number of ether oxygens (including phenoxy) is 2. The number of amides is 2. The van der Waals surface area contributed by atoms with Crippen LogP contribution in [0.15, 0.2) is 0 Å². The molecule has 20 heavy (non-hydrogen) atoms. The standard InChI is InChI=1S/C13H24N2O4S/c1-9-7-15(8-10(2)19-9)13(17)14-11(5-6-20-4)12(16)18-3/h9-11H,5-8H2,1-4H3,(H,14,17)/t9-,10+,11-/m0/s1. The van der Waals surface area contributed by atoms with E-state index >= 15 is 0 Å². The number of methoxy groups -OCH3 is 1. The average Bonchev–Trinajstić information content (AvgIpc) is 2.41. The van der Waals surface area contributed by atoms with Crippen LogP contribution in [0.3, 0.4) is 0 Å². The molecular weight excluding hydrogens is 280 g/mol. The number of urea groups is 1. The highest BCUT2D eigenvalue weighted by Gasteiger charge is 2.29. The van der Waals surface area contributed by atoms with Gasteiger partial charge in [0, 0.05) is 13.1 Å². The Morgan fingerprint density at radius 1 is 1.40 bits per heavy atom. The number of thioether (sulfide) groups is 1. The van der Waals surface area contributed by atoms with E-state index in [2.05, 4.69) is 5.32 Å². The zero-order valence-corrected chi connectivity index (χ0v) is 13.4. The van der Waals surface area contributed by atoms with Crippen LogP contribution in [-0.4, -0.2) is 67.4 Å². The summed E-state index contributed by atoms with van der Waals surface area (Å²) in [4.78, 5) is 25.6. The molecule has 0 aliphatic carbocycles. The molecule has 0 spiro atoms. The van der Waals surface area contributed by atoms with Gasteiger partial charge in [0.1, 0.15) is 6.04 Å². The molecule has 0 aromatic heterocycles. The Balaban J connectivity index is 2.57. The van der Waals surface area contributed by atoms with E-state index in [1.807, 2.05) is 20.1 Å². The fourth-order valence-corrected chi connectivity index (χ4v) is 2.68. The van der Waals surface area contributed by atoms with Crippen LogP contribution in [0, 0.1) is 0 Å². The van der Waals surface area contributed by atoms with Gasteiger partial charge < -0.3 is 19.7 Å². The molecule has 0 aromatic carbocycles. The van der Waals surface area contributed by atoms with Gasteiger partial charge in [0.05, 0.1) is 19.3 Å². The summed E-state index contributed by atoms with van der Waals surface area (Å²) in [5.41, 5.74) is 0. The third kappa shape index (κ3) is 5.20. The van der Waals surface area contributed by atoms with E-state index < -0.39 is 12.0 Å². The summed E-state index contributed by atoms with van der Waals surface area (Å²) in [6.07, 6.45) is 2.54. The number of hydrogen-bond donors (Lipinski definition) is 1. The average molecular weight is 304 g/mol. The fraction of sp³-hybridized carbons (Fsp3) is 0.846.